The maximum atomic E-state index is 11.4. The number of alkyl halides is 3. The highest BCUT2D eigenvalue weighted by atomic mass is 19.4. The number of carboxylic acids is 1. The fourth-order valence-corrected chi connectivity index (χ4v) is 1.05. The average molecular weight is 302 g/mol. The zero-order valence-electron chi connectivity index (χ0n) is 10.3. The minimum absolute atomic E-state index is 0.203. The molecule has 112 valence electrons. The second-order valence-electron chi connectivity index (χ2n) is 3.50. The first-order valence-corrected chi connectivity index (χ1v) is 5.38. The number of para-hydroxylation sites is 1. The summed E-state index contributed by atoms with van der Waals surface area (Å²) in [5.41, 5.74) is 0.730. The number of aliphatic carboxylic acids is 1. The van der Waals surface area contributed by atoms with Gasteiger partial charge in [0.2, 0.25) is 5.76 Å². The third kappa shape index (κ3) is 5.76. The van der Waals surface area contributed by atoms with E-state index in [-0.39, 0.29) is 11.7 Å². The molecule has 21 heavy (non-hydrogen) atoms. The molecule has 2 rings (SSSR count). The maximum Gasteiger partial charge on any atom is 0.490 e. The lowest BCUT2D eigenvalue weighted by Crippen LogP contribution is -2.21. The third-order valence-corrected chi connectivity index (χ3v) is 1.94. The molecule has 1 aromatic heterocycles. The summed E-state index contributed by atoms with van der Waals surface area (Å²) >= 11 is 0. The van der Waals surface area contributed by atoms with Crippen LogP contribution in [0.3, 0.4) is 0 Å². The second-order valence-corrected chi connectivity index (χ2v) is 3.50. The lowest BCUT2D eigenvalue weighted by molar-refractivity contribution is -0.192. The molecule has 0 aliphatic rings. The van der Waals surface area contributed by atoms with E-state index in [4.69, 9.17) is 14.4 Å². The van der Waals surface area contributed by atoms with Gasteiger partial charge in [0.15, 0.2) is 0 Å². The number of carboxylic acid groups (broad SMARTS) is 1. The van der Waals surface area contributed by atoms with Gasteiger partial charge in [0, 0.05) is 11.8 Å². The van der Waals surface area contributed by atoms with Crippen LogP contribution in [-0.4, -0.2) is 28.3 Å². The molecule has 0 saturated carbocycles. The van der Waals surface area contributed by atoms with Gasteiger partial charge in [0.25, 0.3) is 5.91 Å². The molecule has 0 spiro atoms. The quantitative estimate of drug-likeness (QED) is 0.889. The van der Waals surface area contributed by atoms with E-state index in [1.54, 1.807) is 12.1 Å². The van der Waals surface area contributed by atoms with Crippen LogP contribution in [0.1, 0.15) is 10.6 Å². The molecular formula is C12H9F3N2O4. The first kappa shape index (κ1) is 16.2. The van der Waals surface area contributed by atoms with Gasteiger partial charge in [-0.3, -0.25) is 4.79 Å². The first-order valence-electron chi connectivity index (χ1n) is 5.38. The average Bonchev–Trinajstić information content (AvgIpc) is 2.93. The smallest absolute Gasteiger partial charge is 0.475 e. The molecule has 0 fully saturated rings. The fourth-order valence-electron chi connectivity index (χ4n) is 1.05. The van der Waals surface area contributed by atoms with Crippen LogP contribution >= 0.6 is 0 Å². The molecule has 0 atom stereocenters. The normalized spacial score (nSPS) is 10.2. The Balaban J connectivity index is 0.000000270. The summed E-state index contributed by atoms with van der Waals surface area (Å²) in [6.07, 6.45) is -3.65. The summed E-state index contributed by atoms with van der Waals surface area (Å²) in [7, 11) is 0. The summed E-state index contributed by atoms with van der Waals surface area (Å²) < 4.78 is 36.4. The molecule has 9 heteroatoms. The number of nitrogens with zero attached hydrogens (tertiary/aromatic N) is 1. The Kier molecular flexibility index (Phi) is 5.47. The minimum atomic E-state index is -5.08. The zero-order chi connectivity index (χ0) is 15.9. The molecule has 0 saturated heterocycles. The van der Waals surface area contributed by atoms with Gasteiger partial charge in [-0.2, -0.15) is 13.2 Å². The molecule has 2 N–H and O–H groups in total. The second kappa shape index (κ2) is 7.08. The van der Waals surface area contributed by atoms with Crippen molar-refractivity contribution in [2.75, 3.05) is 5.32 Å². The Bertz CT molecular complexity index is 582. The van der Waals surface area contributed by atoms with E-state index in [0.29, 0.717) is 0 Å². The van der Waals surface area contributed by atoms with E-state index in [0.717, 1.165) is 5.69 Å². The number of anilines is 1. The minimum Gasteiger partial charge on any atom is -0.475 e. The fraction of sp³-hybridized carbons (Fsp3) is 0.0833. The summed E-state index contributed by atoms with van der Waals surface area (Å²) in [6.45, 7) is 0. The standard InChI is InChI=1S/C10H8N2O2.C2HF3O2/c13-10(9-6-7-11-14-9)12-8-4-2-1-3-5-8;3-2(4,5)1(6)7/h1-7H,(H,12,13);(H,6,7). The lowest BCUT2D eigenvalue weighted by atomic mass is 10.3. The third-order valence-electron chi connectivity index (χ3n) is 1.94. The van der Waals surface area contributed by atoms with Crippen molar-refractivity contribution in [3.05, 3.63) is 48.4 Å². The van der Waals surface area contributed by atoms with E-state index in [2.05, 4.69) is 10.5 Å². The van der Waals surface area contributed by atoms with E-state index in [1.165, 1.54) is 12.3 Å². The van der Waals surface area contributed by atoms with Crippen molar-refractivity contribution < 1.29 is 32.4 Å². The van der Waals surface area contributed by atoms with Crippen LogP contribution in [0.2, 0.25) is 0 Å². The SMILES string of the molecule is O=C(Nc1ccccc1)c1ccno1.O=C(O)C(F)(F)F. The van der Waals surface area contributed by atoms with Crippen LogP contribution in [0, 0.1) is 0 Å². The molecule has 0 aliphatic heterocycles. The maximum absolute atomic E-state index is 11.4. The van der Waals surface area contributed by atoms with E-state index in [1.807, 2.05) is 18.2 Å². The van der Waals surface area contributed by atoms with Gasteiger partial charge in [-0.25, -0.2) is 4.79 Å². The van der Waals surface area contributed by atoms with Crippen molar-refractivity contribution >= 4 is 17.6 Å². The molecule has 2 aromatic rings. The van der Waals surface area contributed by atoms with E-state index >= 15 is 0 Å². The molecule has 0 aliphatic carbocycles. The Labute approximate surface area is 116 Å². The summed E-state index contributed by atoms with van der Waals surface area (Å²) in [4.78, 5) is 20.3. The number of hydrogen-bond acceptors (Lipinski definition) is 4. The molecule has 1 heterocycles. The summed E-state index contributed by atoms with van der Waals surface area (Å²) in [5, 5.41) is 13.2. The monoisotopic (exact) mass is 302 g/mol. The summed E-state index contributed by atoms with van der Waals surface area (Å²) in [5.74, 6) is -2.85. The van der Waals surface area contributed by atoms with Crippen LogP contribution in [-0.2, 0) is 4.79 Å². The van der Waals surface area contributed by atoms with Gasteiger partial charge < -0.3 is 14.9 Å². The highest BCUT2D eigenvalue weighted by Gasteiger charge is 2.38. The number of nitrogens with one attached hydrogen (secondary N) is 1. The Morgan fingerprint density at radius 1 is 1.14 bits per heavy atom. The first-order chi connectivity index (χ1) is 9.80. The van der Waals surface area contributed by atoms with Crippen molar-refractivity contribution in [2.24, 2.45) is 0 Å². The number of amides is 1. The Morgan fingerprint density at radius 3 is 2.14 bits per heavy atom. The number of benzene rings is 1. The van der Waals surface area contributed by atoms with Gasteiger partial charge in [0.05, 0.1) is 6.20 Å². The van der Waals surface area contributed by atoms with E-state index in [9.17, 15) is 18.0 Å². The molecule has 1 amide bonds. The van der Waals surface area contributed by atoms with Crippen LogP contribution in [0.15, 0.2) is 47.1 Å². The molecule has 6 nitrogen and oxygen atoms in total. The van der Waals surface area contributed by atoms with Crippen LogP contribution in [0.5, 0.6) is 0 Å². The molecule has 0 bridgehead atoms. The molecule has 1 aromatic carbocycles. The van der Waals surface area contributed by atoms with Crippen molar-refractivity contribution in [1.82, 2.24) is 5.16 Å². The topological polar surface area (TPSA) is 92.4 Å². The van der Waals surface area contributed by atoms with Gasteiger partial charge in [-0.05, 0) is 12.1 Å². The lowest BCUT2D eigenvalue weighted by Gasteiger charge is -2.00. The van der Waals surface area contributed by atoms with E-state index < -0.39 is 12.1 Å². The largest absolute Gasteiger partial charge is 0.490 e. The number of aromatic nitrogens is 1. The molecular weight excluding hydrogens is 293 g/mol. The highest BCUT2D eigenvalue weighted by Crippen LogP contribution is 2.13. The number of hydrogen-bond donors (Lipinski definition) is 2. The number of carbonyl (C=O) groups is 2. The van der Waals surface area contributed by atoms with Gasteiger partial charge in [0.1, 0.15) is 0 Å². The van der Waals surface area contributed by atoms with Crippen molar-refractivity contribution in [2.45, 2.75) is 6.18 Å². The van der Waals surface area contributed by atoms with Crippen molar-refractivity contribution in [3.8, 4) is 0 Å². The van der Waals surface area contributed by atoms with Crippen LogP contribution in [0.25, 0.3) is 0 Å². The number of rotatable bonds is 2. The Hall–Kier alpha value is -2.84. The summed E-state index contributed by atoms with van der Waals surface area (Å²) in [6, 6.07) is 10.7. The number of carbonyl (C=O) groups excluding carboxylic acids is 1. The van der Waals surface area contributed by atoms with Crippen molar-refractivity contribution in [1.29, 1.82) is 0 Å². The Morgan fingerprint density at radius 2 is 1.71 bits per heavy atom. The number of halogens is 3. The molecule has 0 radical (unpaired) electrons. The zero-order valence-corrected chi connectivity index (χ0v) is 10.3. The van der Waals surface area contributed by atoms with Crippen molar-refractivity contribution in [3.63, 3.8) is 0 Å². The van der Waals surface area contributed by atoms with Gasteiger partial charge >= 0.3 is 12.1 Å². The van der Waals surface area contributed by atoms with Crippen LogP contribution in [0.4, 0.5) is 18.9 Å². The predicted molar refractivity (Wildman–Crippen MR) is 64.6 cm³/mol. The van der Waals surface area contributed by atoms with Crippen LogP contribution < -0.4 is 5.32 Å². The van der Waals surface area contributed by atoms with Gasteiger partial charge in [-0.1, -0.05) is 23.4 Å². The predicted octanol–water partition coefficient (Wildman–Crippen LogP) is 2.56. The van der Waals surface area contributed by atoms with Gasteiger partial charge in [-0.15, -0.1) is 0 Å². The highest BCUT2D eigenvalue weighted by molar-refractivity contribution is 6.02. The molecule has 0 unspecified atom stereocenters.